The number of nitrogens with zero attached hydrogens (tertiary/aromatic N) is 1. The number of carbonyl (C=O) groups excluding carboxylic acids is 1. The summed E-state index contributed by atoms with van der Waals surface area (Å²) in [6, 6.07) is 11.8. The summed E-state index contributed by atoms with van der Waals surface area (Å²) in [6.45, 7) is 1.83. The molecular formula is C18H17F3N2O2. The van der Waals surface area contributed by atoms with Gasteiger partial charge in [0.25, 0.3) is 5.91 Å². The highest BCUT2D eigenvalue weighted by Crippen LogP contribution is 2.28. The van der Waals surface area contributed by atoms with Gasteiger partial charge >= 0.3 is 6.18 Å². The fraction of sp³-hybridized carbons (Fsp3) is 0.222. The average Bonchev–Trinajstić information content (AvgIpc) is 2.60. The van der Waals surface area contributed by atoms with E-state index in [9.17, 15) is 18.0 Å². The molecule has 0 radical (unpaired) electrons. The van der Waals surface area contributed by atoms with Gasteiger partial charge in [-0.25, -0.2) is 5.43 Å². The van der Waals surface area contributed by atoms with Crippen LogP contribution >= 0.6 is 0 Å². The lowest BCUT2D eigenvalue weighted by Gasteiger charge is -2.06. The maximum absolute atomic E-state index is 12.4. The van der Waals surface area contributed by atoms with Crippen LogP contribution in [0.15, 0.2) is 53.6 Å². The summed E-state index contributed by atoms with van der Waals surface area (Å²) in [5, 5.41) is 3.69. The topological polar surface area (TPSA) is 50.7 Å². The molecule has 0 unspecified atom stereocenters. The predicted molar refractivity (Wildman–Crippen MR) is 88.5 cm³/mol. The number of amides is 1. The quantitative estimate of drug-likeness (QED) is 0.636. The third-order valence-corrected chi connectivity index (χ3v) is 3.34. The zero-order valence-electron chi connectivity index (χ0n) is 13.5. The van der Waals surface area contributed by atoms with Crippen molar-refractivity contribution in [3.05, 3.63) is 65.2 Å². The monoisotopic (exact) mass is 350 g/mol. The third kappa shape index (κ3) is 5.95. The second-order valence-corrected chi connectivity index (χ2v) is 5.20. The Kier molecular flexibility index (Phi) is 6.16. The summed E-state index contributed by atoms with van der Waals surface area (Å²) in [5.41, 5.74) is 3.11. The third-order valence-electron chi connectivity index (χ3n) is 3.34. The number of aryl methyl sites for hydroxylation is 1. The summed E-state index contributed by atoms with van der Waals surface area (Å²) < 4.78 is 42.6. The Bertz CT molecular complexity index is 723. The summed E-state index contributed by atoms with van der Waals surface area (Å²) in [7, 11) is 0. The number of benzene rings is 2. The molecule has 0 aliphatic rings. The number of rotatable bonds is 6. The van der Waals surface area contributed by atoms with Gasteiger partial charge in [0, 0.05) is 0 Å². The van der Waals surface area contributed by atoms with Crippen molar-refractivity contribution in [2.24, 2.45) is 5.10 Å². The lowest BCUT2D eigenvalue weighted by atomic mass is 10.1. The molecule has 1 N–H and O–H groups in total. The van der Waals surface area contributed by atoms with Crippen molar-refractivity contribution in [3.63, 3.8) is 0 Å². The van der Waals surface area contributed by atoms with Gasteiger partial charge in [0.1, 0.15) is 5.75 Å². The molecule has 132 valence electrons. The first-order chi connectivity index (χ1) is 11.9. The standard InChI is InChI=1S/C18H17F3N2O2/c1-2-13-5-9-16(10-6-13)25-12-17(24)23-22-11-14-3-7-15(8-4-14)18(19,20)21/h3-11H,2,12H2,1H3,(H,23,24). The zero-order valence-corrected chi connectivity index (χ0v) is 13.5. The minimum absolute atomic E-state index is 0.212. The van der Waals surface area contributed by atoms with Gasteiger partial charge in [-0.15, -0.1) is 0 Å². The summed E-state index contributed by atoms with van der Waals surface area (Å²) in [5.74, 6) is 0.0989. The Labute approximate surface area is 143 Å². The van der Waals surface area contributed by atoms with Gasteiger partial charge in [0.05, 0.1) is 11.8 Å². The fourth-order valence-electron chi connectivity index (χ4n) is 1.94. The molecule has 0 aromatic heterocycles. The Morgan fingerprint density at radius 2 is 1.76 bits per heavy atom. The number of hydrazone groups is 1. The van der Waals surface area contributed by atoms with E-state index in [1.807, 2.05) is 19.1 Å². The molecule has 0 spiro atoms. The van der Waals surface area contributed by atoms with Crippen molar-refractivity contribution in [2.45, 2.75) is 19.5 Å². The minimum atomic E-state index is -4.38. The van der Waals surface area contributed by atoms with Crippen molar-refractivity contribution in [3.8, 4) is 5.75 Å². The maximum atomic E-state index is 12.4. The molecule has 0 aliphatic heterocycles. The van der Waals surface area contributed by atoms with Crippen molar-refractivity contribution < 1.29 is 22.7 Å². The Hall–Kier alpha value is -2.83. The minimum Gasteiger partial charge on any atom is -0.484 e. The first-order valence-corrected chi connectivity index (χ1v) is 7.59. The molecular weight excluding hydrogens is 333 g/mol. The second kappa shape index (κ2) is 8.32. The normalized spacial score (nSPS) is 11.5. The number of nitrogens with one attached hydrogen (secondary N) is 1. The predicted octanol–water partition coefficient (Wildman–Crippen LogP) is 3.80. The SMILES string of the molecule is CCc1ccc(OCC(=O)NN=Cc2ccc(C(F)(F)F)cc2)cc1. The molecule has 1 amide bonds. The lowest BCUT2D eigenvalue weighted by Crippen LogP contribution is -2.24. The van der Waals surface area contributed by atoms with Crippen molar-refractivity contribution in [1.82, 2.24) is 5.43 Å². The van der Waals surface area contributed by atoms with Gasteiger partial charge in [-0.3, -0.25) is 4.79 Å². The summed E-state index contributed by atoms with van der Waals surface area (Å²) >= 11 is 0. The Balaban J connectivity index is 1.79. The van der Waals surface area contributed by atoms with Crippen molar-refractivity contribution in [1.29, 1.82) is 0 Å². The number of carbonyl (C=O) groups is 1. The highest BCUT2D eigenvalue weighted by Gasteiger charge is 2.29. The molecule has 0 heterocycles. The molecule has 0 fully saturated rings. The molecule has 0 bridgehead atoms. The van der Waals surface area contributed by atoms with E-state index in [4.69, 9.17) is 4.74 Å². The largest absolute Gasteiger partial charge is 0.484 e. The number of alkyl halides is 3. The van der Waals surface area contributed by atoms with Gasteiger partial charge in [0.15, 0.2) is 6.61 Å². The first-order valence-electron chi connectivity index (χ1n) is 7.59. The van der Waals surface area contributed by atoms with Crippen molar-refractivity contribution in [2.75, 3.05) is 6.61 Å². The van der Waals surface area contributed by atoms with Crippen LogP contribution in [0.25, 0.3) is 0 Å². The van der Waals surface area contributed by atoms with E-state index in [1.54, 1.807) is 12.1 Å². The van der Waals surface area contributed by atoms with Crippen LogP contribution < -0.4 is 10.2 Å². The van der Waals surface area contributed by atoms with Gasteiger partial charge < -0.3 is 4.74 Å². The van der Waals surface area contributed by atoms with Gasteiger partial charge in [-0.2, -0.15) is 18.3 Å². The molecule has 7 heteroatoms. The van der Waals surface area contributed by atoms with E-state index in [-0.39, 0.29) is 6.61 Å². The number of halogens is 3. The van der Waals surface area contributed by atoms with Crippen LogP contribution in [0.4, 0.5) is 13.2 Å². The average molecular weight is 350 g/mol. The molecule has 0 saturated heterocycles. The molecule has 4 nitrogen and oxygen atoms in total. The molecule has 2 aromatic carbocycles. The summed E-state index contributed by atoms with van der Waals surface area (Å²) in [4.78, 5) is 11.6. The van der Waals surface area contributed by atoms with E-state index in [1.165, 1.54) is 18.3 Å². The van der Waals surface area contributed by atoms with E-state index >= 15 is 0 Å². The van der Waals surface area contributed by atoms with Gasteiger partial charge in [-0.05, 0) is 41.8 Å². The van der Waals surface area contributed by atoms with Crippen LogP contribution in [-0.2, 0) is 17.4 Å². The maximum Gasteiger partial charge on any atom is 0.416 e. The highest BCUT2D eigenvalue weighted by molar-refractivity contribution is 5.82. The molecule has 0 atom stereocenters. The molecule has 25 heavy (non-hydrogen) atoms. The van der Waals surface area contributed by atoms with Crippen LogP contribution in [0, 0.1) is 0 Å². The second-order valence-electron chi connectivity index (χ2n) is 5.20. The van der Waals surface area contributed by atoms with Crippen LogP contribution in [0.5, 0.6) is 5.75 Å². The molecule has 2 rings (SSSR count). The summed E-state index contributed by atoms with van der Waals surface area (Å²) in [6.07, 6.45) is -2.20. The highest BCUT2D eigenvalue weighted by atomic mass is 19.4. The molecule has 2 aromatic rings. The lowest BCUT2D eigenvalue weighted by molar-refractivity contribution is -0.137. The Morgan fingerprint density at radius 3 is 2.32 bits per heavy atom. The van der Waals surface area contributed by atoms with Crippen LogP contribution in [0.3, 0.4) is 0 Å². The molecule has 0 saturated carbocycles. The van der Waals surface area contributed by atoms with Crippen LogP contribution in [-0.4, -0.2) is 18.7 Å². The van der Waals surface area contributed by atoms with E-state index in [0.717, 1.165) is 24.1 Å². The fourth-order valence-corrected chi connectivity index (χ4v) is 1.94. The smallest absolute Gasteiger partial charge is 0.416 e. The number of ether oxygens (including phenoxy) is 1. The van der Waals surface area contributed by atoms with Crippen molar-refractivity contribution >= 4 is 12.1 Å². The van der Waals surface area contributed by atoms with E-state index in [2.05, 4.69) is 10.5 Å². The molecule has 0 aliphatic carbocycles. The van der Waals surface area contributed by atoms with E-state index in [0.29, 0.717) is 11.3 Å². The van der Waals surface area contributed by atoms with E-state index < -0.39 is 17.6 Å². The van der Waals surface area contributed by atoms with Gasteiger partial charge in [0.2, 0.25) is 0 Å². The number of hydrogen-bond donors (Lipinski definition) is 1. The Morgan fingerprint density at radius 1 is 1.12 bits per heavy atom. The zero-order chi connectivity index (χ0) is 18.3. The van der Waals surface area contributed by atoms with Crippen LogP contribution in [0.2, 0.25) is 0 Å². The number of hydrogen-bond acceptors (Lipinski definition) is 3. The van der Waals surface area contributed by atoms with Crippen LogP contribution in [0.1, 0.15) is 23.6 Å². The van der Waals surface area contributed by atoms with Gasteiger partial charge in [-0.1, -0.05) is 31.2 Å². The first kappa shape index (κ1) is 18.5.